The largest absolute Gasteiger partial charge is 0.305 e. The Balaban J connectivity index is 1.81. The Labute approximate surface area is 113 Å². The fraction of sp³-hybridized carbons (Fsp3) is 0.200. The molecule has 3 rings (SSSR count). The van der Waals surface area contributed by atoms with E-state index in [-0.39, 0.29) is 11.8 Å². The smallest absolute Gasteiger partial charge is 0.180 e. The Hall–Kier alpha value is -1.65. The average molecular weight is 273 g/mol. The average Bonchev–Trinajstić information content (AvgIpc) is 2.70. The van der Waals surface area contributed by atoms with Gasteiger partial charge in [0.2, 0.25) is 0 Å². The van der Waals surface area contributed by atoms with Crippen LogP contribution in [0.5, 0.6) is 0 Å². The van der Waals surface area contributed by atoms with Crippen molar-refractivity contribution < 1.29 is 8.42 Å². The van der Waals surface area contributed by atoms with Crippen molar-refractivity contribution in [1.82, 2.24) is 5.32 Å². The van der Waals surface area contributed by atoms with Crippen molar-refractivity contribution >= 4 is 9.84 Å². The lowest BCUT2D eigenvalue weighted by atomic mass is 10.1. The first-order valence-corrected chi connectivity index (χ1v) is 7.91. The predicted molar refractivity (Wildman–Crippen MR) is 74.5 cm³/mol. The summed E-state index contributed by atoms with van der Waals surface area (Å²) in [6, 6.07) is 17.1. The lowest BCUT2D eigenvalue weighted by molar-refractivity contribution is 0.566. The van der Waals surface area contributed by atoms with Gasteiger partial charge in [0.25, 0.3) is 0 Å². The molecule has 0 fully saturated rings. The van der Waals surface area contributed by atoms with Crippen LogP contribution in [0, 0.1) is 0 Å². The first-order valence-electron chi connectivity index (χ1n) is 6.26. The Morgan fingerprint density at radius 3 is 2.47 bits per heavy atom. The SMILES string of the molecule is O=S1(=O)CC(NCc2ccccc2)c2ccccc21. The Bertz CT molecular complexity index is 680. The molecule has 0 aliphatic carbocycles. The van der Waals surface area contributed by atoms with E-state index in [4.69, 9.17) is 0 Å². The number of rotatable bonds is 3. The van der Waals surface area contributed by atoms with Crippen molar-refractivity contribution in [2.45, 2.75) is 17.5 Å². The minimum Gasteiger partial charge on any atom is -0.305 e. The molecule has 0 spiro atoms. The fourth-order valence-corrected chi connectivity index (χ4v) is 4.23. The summed E-state index contributed by atoms with van der Waals surface area (Å²) in [4.78, 5) is 0.473. The van der Waals surface area contributed by atoms with Crippen LogP contribution in [0.2, 0.25) is 0 Å². The summed E-state index contributed by atoms with van der Waals surface area (Å²) in [6.45, 7) is 0.676. The van der Waals surface area contributed by atoms with Gasteiger partial charge in [0.15, 0.2) is 9.84 Å². The first-order chi connectivity index (χ1) is 9.17. The summed E-state index contributed by atoms with van der Waals surface area (Å²) < 4.78 is 24.1. The number of nitrogens with one attached hydrogen (secondary N) is 1. The van der Waals surface area contributed by atoms with Crippen LogP contribution in [0.4, 0.5) is 0 Å². The first kappa shape index (κ1) is 12.4. The molecule has 0 saturated carbocycles. The van der Waals surface area contributed by atoms with Crippen molar-refractivity contribution in [2.24, 2.45) is 0 Å². The molecule has 1 N–H and O–H groups in total. The van der Waals surface area contributed by atoms with Gasteiger partial charge in [-0.05, 0) is 17.2 Å². The minimum absolute atomic E-state index is 0.110. The molecule has 2 aromatic carbocycles. The third kappa shape index (κ3) is 2.41. The molecule has 0 bridgehead atoms. The van der Waals surface area contributed by atoms with Crippen LogP contribution in [0.3, 0.4) is 0 Å². The van der Waals surface area contributed by atoms with E-state index in [1.807, 2.05) is 42.5 Å². The van der Waals surface area contributed by atoms with Gasteiger partial charge in [-0.3, -0.25) is 0 Å². The summed E-state index contributed by atoms with van der Waals surface area (Å²) >= 11 is 0. The number of benzene rings is 2. The van der Waals surface area contributed by atoms with Crippen molar-refractivity contribution in [3.8, 4) is 0 Å². The number of fused-ring (bicyclic) bond motifs is 1. The second-order valence-corrected chi connectivity index (χ2v) is 6.74. The van der Waals surface area contributed by atoms with E-state index in [1.165, 1.54) is 0 Å². The monoisotopic (exact) mass is 273 g/mol. The van der Waals surface area contributed by atoms with Gasteiger partial charge in [0.05, 0.1) is 10.6 Å². The van der Waals surface area contributed by atoms with Crippen LogP contribution < -0.4 is 5.32 Å². The van der Waals surface area contributed by atoms with Gasteiger partial charge in [-0.2, -0.15) is 0 Å². The molecule has 4 heteroatoms. The van der Waals surface area contributed by atoms with Gasteiger partial charge in [-0.15, -0.1) is 0 Å². The maximum absolute atomic E-state index is 12.0. The Morgan fingerprint density at radius 1 is 1.00 bits per heavy atom. The van der Waals surface area contributed by atoms with E-state index in [1.54, 1.807) is 12.1 Å². The fourth-order valence-electron chi connectivity index (χ4n) is 2.46. The second-order valence-electron chi connectivity index (χ2n) is 4.74. The van der Waals surface area contributed by atoms with Crippen molar-refractivity contribution in [3.05, 3.63) is 65.7 Å². The third-order valence-corrected chi connectivity index (χ3v) is 5.23. The summed E-state index contributed by atoms with van der Waals surface area (Å²) in [5, 5.41) is 3.33. The highest BCUT2D eigenvalue weighted by Gasteiger charge is 2.33. The molecule has 3 nitrogen and oxygen atoms in total. The molecule has 19 heavy (non-hydrogen) atoms. The molecule has 98 valence electrons. The van der Waals surface area contributed by atoms with E-state index in [0.29, 0.717) is 11.4 Å². The van der Waals surface area contributed by atoms with E-state index < -0.39 is 9.84 Å². The van der Waals surface area contributed by atoms with Crippen molar-refractivity contribution in [1.29, 1.82) is 0 Å². The van der Waals surface area contributed by atoms with Crippen LogP contribution in [-0.2, 0) is 16.4 Å². The lowest BCUT2D eigenvalue weighted by Crippen LogP contribution is -2.22. The lowest BCUT2D eigenvalue weighted by Gasteiger charge is -2.12. The van der Waals surface area contributed by atoms with E-state index in [2.05, 4.69) is 5.32 Å². The van der Waals surface area contributed by atoms with E-state index in [0.717, 1.165) is 11.1 Å². The molecule has 1 aliphatic rings. The molecule has 0 aromatic heterocycles. The van der Waals surface area contributed by atoms with Crippen LogP contribution in [0.25, 0.3) is 0 Å². The van der Waals surface area contributed by atoms with Gasteiger partial charge in [-0.25, -0.2) is 8.42 Å². The summed E-state index contributed by atoms with van der Waals surface area (Å²) in [5.41, 5.74) is 2.04. The molecule has 0 radical (unpaired) electrons. The number of sulfone groups is 1. The quantitative estimate of drug-likeness (QED) is 0.933. The highest BCUT2D eigenvalue weighted by molar-refractivity contribution is 7.91. The highest BCUT2D eigenvalue weighted by atomic mass is 32.2. The van der Waals surface area contributed by atoms with Crippen molar-refractivity contribution in [3.63, 3.8) is 0 Å². The maximum atomic E-state index is 12.0. The van der Waals surface area contributed by atoms with Crippen molar-refractivity contribution in [2.75, 3.05) is 5.75 Å². The Morgan fingerprint density at radius 2 is 1.68 bits per heavy atom. The maximum Gasteiger partial charge on any atom is 0.180 e. The molecular formula is C15H15NO2S. The molecule has 1 heterocycles. The number of hydrogen-bond donors (Lipinski definition) is 1. The summed E-state index contributed by atoms with van der Waals surface area (Å²) in [6.07, 6.45) is 0. The normalized spacial score (nSPS) is 20.1. The molecule has 0 saturated heterocycles. The van der Waals surface area contributed by atoms with Crippen LogP contribution in [0.1, 0.15) is 17.2 Å². The molecular weight excluding hydrogens is 258 g/mol. The third-order valence-electron chi connectivity index (χ3n) is 3.41. The topological polar surface area (TPSA) is 46.2 Å². The van der Waals surface area contributed by atoms with Crippen LogP contribution in [0.15, 0.2) is 59.5 Å². The summed E-state index contributed by atoms with van der Waals surface area (Å²) in [5.74, 6) is 0.152. The Kier molecular flexibility index (Phi) is 3.12. The molecule has 1 atom stereocenters. The van der Waals surface area contributed by atoms with Gasteiger partial charge in [-0.1, -0.05) is 48.5 Å². The van der Waals surface area contributed by atoms with Gasteiger partial charge in [0.1, 0.15) is 0 Å². The molecule has 1 unspecified atom stereocenters. The van der Waals surface area contributed by atoms with Gasteiger partial charge < -0.3 is 5.32 Å². The molecule has 2 aromatic rings. The number of hydrogen-bond acceptors (Lipinski definition) is 3. The minimum atomic E-state index is -3.12. The second kappa shape index (κ2) is 4.79. The summed E-state index contributed by atoms with van der Waals surface area (Å²) in [7, 11) is -3.12. The van der Waals surface area contributed by atoms with Gasteiger partial charge in [0, 0.05) is 12.6 Å². The zero-order valence-corrected chi connectivity index (χ0v) is 11.2. The molecule has 1 aliphatic heterocycles. The highest BCUT2D eigenvalue weighted by Crippen LogP contribution is 2.33. The van der Waals surface area contributed by atoms with E-state index >= 15 is 0 Å². The van der Waals surface area contributed by atoms with Gasteiger partial charge >= 0.3 is 0 Å². The van der Waals surface area contributed by atoms with E-state index in [9.17, 15) is 8.42 Å². The zero-order valence-electron chi connectivity index (χ0n) is 10.4. The van der Waals surface area contributed by atoms with Crippen LogP contribution >= 0.6 is 0 Å². The predicted octanol–water partition coefficient (Wildman–Crippen LogP) is 2.30. The standard InChI is InChI=1S/C15H15NO2S/c17-19(18)11-14(13-8-4-5-9-15(13)19)16-10-12-6-2-1-3-7-12/h1-9,14,16H,10-11H2. The zero-order chi connectivity index (χ0) is 13.3. The van der Waals surface area contributed by atoms with Crippen LogP contribution in [-0.4, -0.2) is 14.2 Å². The molecule has 0 amide bonds.